The Balaban J connectivity index is 1.52. The Morgan fingerprint density at radius 2 is 1.72 bits per heavy atom. The zero-order chi connectivity index (χ0) is 25.7. The van der Waals surface area contributed by atoms with Crippen LogP contribution in [-0.4, -0.2) is 65.4 Å². The summed E-state index contributed by atoms with van der Waals surface area (Å²) in [4.78, 5) is 31.4. The molecule has 0 aromatic heterocycles. The van der Waals surface area contributed by atoms with Crippen LogP contribution in [0.5, 0.6) is 0 Å². The Morgan fingerprint density at radius 3 is 2.36 bits per heavy atom. The Bertz CT molecular complexity index is 863. The summed E-state index contributed by atoms with van der Waals surface area (Å²) >= 11 is 0. The Morgan fingerprint density at radius 1 is 1.06 bits per heavy atom. The number of halogens is 1. The lowest BCUT2D eigenvalue weighted by atomic mass is 9.88. The van der Waals surface area contributed by atoms with Gasteiger partial charge in [-0.3, -0.25) is 14.5 Å². The smallest absolute Gasteiger partial charge is 0.254 e. The Labute approximate surface area is 216 Å². The lowest BCUT2D eigenvalue weighted by Gasteiger charge is -2.35. The van der Waals surface area contributed by atoms with Gasteiger partial charge in [0.1, 0.15) is 11.9 Å². The third-order valence-corrected chi connectivity index (χ3v) is 8.39. The van der Waals surface area contributed by atoms with Crippen LogP contribution in [0.25, 0.3) is 0 Å². The summed E-state index contributed by atoms with van der Waals surface area (Å²) in [6.45, 7) is 7.01. The van der Waals surface area contributed by atoms with E-state index in [1.54, 1.807) is 4.90 Å². The molecule has 1 aromatic rings. The van der Waals surface area contributed by atoms with E-state index in [1.165, 1.54) is 56.4 Å². The molecule has 2 saturated carbocycles. The molecule has 36 heavy (non-hydrogen) atoms. The molecule has 1 heterocycles. The number of nitrogens with zero attached hydrogens (tertiary/aromatic N) is 2. The number of nitrogens with two attached hydrogens (primary N) is 1. The minimum absolute atomic E-state index is 0.0596. The molecule has 200 valence electrons. The lowest BCUT2D eigenvalue weighted by Crippen LogP contribution is -2.50. The molecule has 2 unspecified atom stereocenters. The van der Waals surface area contributed by atoms with Crippen LogP contribution in [0.4, 0.5) is 4.39 Å². The third-order valence-electron chi connectivity index (χ3n) is 8.39. The van der Waals surface area contributed by atoms with Crippen LogP contribution in [0.3, 0.4) is 0 Å². The van der Waals surface area contributed by atoms with Crippen LogP contribution in [0.15, 0.2) is 24.3 Å². The monoisotopic (exact) mass is 500 g/mol. The quantitative estimate of drug-likeness (QED) is 0.557. The molecule has 2 amide bonds. The van der Waals surface area contributed by atoms with Gasteiger partial charge in [-0.05, 0) is 81.0 Å². The molecule has 3 fully saturated rings. The standard InChI is InChI=1S/C29H45FN4O2/c1-20(2)17-33(18-21-6-4-3-5-7-21)26-16-27(28(35)32-25-14-12-24(31)13-15-25)34(19-26)29(36)22-8-10-23(30)11-9-22/h8-11,20-21,24-27H,3-7,12-19,31H2,1-2H3,(H,32,35). The van der Waals surface area contributed by atoms with Crippen molar-refractivity contribution < 1.29 is 14.0 Å². The van der Waals surface area contributed by atoms with Crippen molar-refractivity contribution in [2.24, 2.45) is 17.6 Å². The number of carbonyl (C=O) groups is 2. The maximum absolute atomic E-state index is 13.6. The van der Waals surface area contributed by atoms with E-state index < -0.39 is 6.04 Å². The predicted molar refractivity (Wildman–Crippen MR) is 141 cm³/mol. The highest BCUT2D eigenvalue weighted by molar-refractivity contribution is 5.98. The number of amides is 2. The third kappa shape index (κ3) is 7.06. The summed E-state index contributed by atoms with van der Waals surface area (Å²) in [5, 5.41) is 3.24. The fourth-order valence-corrected chi connectivity index (χ4v) is 6.41. The summed E-state index contributed by atoms with van der Waals surface area (Å²) in [7, 11) is 0. The Kier molecular flexibility index (Phi) is 9.40. The van der Waals surface area contributed by atoms with Crippen LogP contribution in [0.1, 0.15) is 88.4 Å². The average molecular weight is 501 g/mol. The van der Waals surface area contributed by atoms with E-state index in [0.29, 0.717) is 30.4 Å². The molecule has 1 saturated heterocycles. The van der Waals surface area contributed by atoms with Crippen LogP contribution in [0.2, 0.25) is 0 Å². The molecule has 1 aliphatic heterocycles. The van der Waals surface area contributed by atoms with Crippen LogP contribution in [-0.2, 0) is 4.79 Å². The van der Waals surface area contributed by atoms with Crippen molar-refractivity contribution >= 4 is 11.8 Å². The number of nitrogens with one attached hydrogen (secondary N) is 1. The zero-order valence-corrected chi connectivity index (χ0v) is 22.1. The highest BCUT2D eigenvalue weighted by Gasteiger charge is 2.43. The molecule has 2 atom stereocenters. The zero-order valence-electron chi connectivity index (χ0n) is 22.1. The van der Waals surface area contributed by atoms with E-state index in [2.05, 4.69) is 24.1 Å². The highest BCUT2D eigenvalue weighted by Crippen LogP contribution is 2.30. The molecule has 2 aliphatic carbocycles. The first kappa shape index (κ1) is 27.1. The van der Waals surface area contributed by atoms with Gasteiger partial charge in [-0.1, -0.05) is 33.1 Å². The topological polar surface area (TPSA) is 78.7 Å². The maximum Gasteiger partial charge on any atom is 0.254 e. The maximum atomic E-state index is 13.6. The van der Waals surface area contributed by atoms with Crippen molar-refractivity contribution in [1.82, 2.24) is 15.1 Å². The van der Waals surface area contributed by atoms with Gasteiger partial charge in [0.25, 0.3) is 5.91 Å². The first-order valence-electron chi connectivity index (χ1n) is 14.2. The van der Waals surface area contributed by atoms with Gasteiger partial charge in [0.05, 0.1) is 0 Å². The molecule has 3 aliphatic rings. The summed E-state index contributed by atoms with van der Waals surface area (Å²) in [5.41, 5.74) is 6.49. The summed E-state index contributed by atoms with van der Waals surface area (Å²) < 4.78 is 13.5. The van der Waals surface area contributed by atoms with Gasteiger partial charge in [0.2, 0.25) is 5.91 Å². The second-order valence-corrected chi connectivity index (χ2v) is 11.8. The first-order valence-corrected chi connectivity index (χ1v) is 14.2. The van der Waals surface area contributed by atoms with Crippen molar-refractivity contribution in [3.05, 3.63) is 35.6 Å². The molecule has 3 N–H and O–H groups in total. The summed E-state index contributed by atoms with van der Waals surface area (Å²) in [5.74, 6) is 0.583. The molecule has 7 heteroatoms. The number of hydrogen-bond acceptors (Lipinski definition) is 4. The van der Waals surface area contributed by atoms with Crippen LogP contribution in [0, 0.1) is 17.7 Å². The highest BCUT2D eigenvalue weighted by atomic mass is 19.1. The van der Waals surface area contributed by atoms with Gasteiger partial charge >= 0.3 is 0 Å². The van der Waals surface area contributed by atoms with Crippen molar-refractivity contribution in [3.63, 3.8) is 0 Å². The molecule has 0 bridgehead atoms. The molecule has 6 nitrogen and oxygen atoms in total. The minimum atomic E-state index is -0.510. The summed E-state index contributed by atoms with van der Waals surface area (Å²) in [6, 6.07) is 5.65. The van der Waals surface area contributed by atoms with E-state index >= 15 is 0 Å². The van der Waals surface area contributed by atoms with Crippen LogP contribution < -0.4 is 11.1 Å². The predicted octanol–water partition coefficient (Wildman–Crippen LogP) is 4.33. The average Bonchev–Trinajstić information content (AvgIpc) is 3.31. The minimum Gasteiger partial charge on any atom is -0.352 e. The fraction of sp³-hybridized carbons (Fsp3) is 0.724. The fourth-order valence-electron chi connectivity index (χ4n) is 6.41. The van der Waals surface area contributed by atoms with Crippen molar-refractivity contribution in [2.45, 2.75) is 102 Å². The SMILES string of the molecule is CC(C)CN(CC1CCCCC1)C1CC(C(=O)NC2CCC(N)CC2)N(C(=O)c2ccc(F)cc2)C1. The molecule has 0 spiro atoms. The molecule has 1 aromatic carbocycles. The first-order chi connectivity index (χ1) is 17.3. The molecule has 4 rings (SSSR count). The van der Waals surface area contributed by atoms with E-state index in [1.807, 2.05) is 0 Å². The number of likely N-dealkylation sites (tertiary alicyclic amines) is 1. The Hall–Kier alpha value is -1.99. The van der Waals surface area contributed by atoms with Gasteiger partial charge < -0.3 is 16.0 Å². The van der Waals surface area contributed by atoms with Gasteiger partial charge in [-0.25, -0.2) is 4.39 Å². The van der Waals surface area contributed by atoms with Crippen molar-refractivity contribution in [2.75, 3.05) is 19.6 Å². The normalized spacial score (nSPS) is 27.6. The van der Waals surface area contributed by atoms with Crippen LogP contribution >= 0.6 is 0 Å². The van der Waals surface area contributed by atoms with Gasteiger partial charge in [-0.15, -0.1) is 0 Å². The largest absolute Gasteiger partial charge is 0.352 e. The lowest BCUT2D eigenvalue weighted by molar-refractivity contribution is -0.125. The molecule has 0 radical (unpaired) electrons. The number of hydrogen-bond donors (Lipinski definition) is 2. The molecular formula is C29H45FN4O2. The van der Waals surface area contributed by atoms with E-state index in [4.69, 9.17) is 5.73 Å². The van der Waals surface area contributed by atoms with Gasteiger partial charge in [0, 0.05) is 43.3 Å². The van der Waals surface area contributed by atoms with E-state index in [0.717, 1.165) is 38.8 Å². The second kappa shape index (κ2) is 12.5. The number of benzene rings is 1. The van der Waals surface area contributed by atoms with Gasteiger partial charge in [-0.2, -0.15) is 0 Å². The summed E-state index contributed by atoms with van der Waals surface area (Å²) in [6.07, 6.45) is 10.7. The van der Waals surface area contributed by atoms with Crippen molar-refractivity contribution in [3.8, 4) is 0 Å². The number of rotatable bonds is 8. The van der Waals surface area contributed by atoms with Gasteiger partial charge in [0.15, 0.2) is 0 Å². The molecular weight excluding hydrogens is 455 g/mol. The van der Waals surface area contributed by atoms with Crippen molar-refractivity contribution in [1.29, 1.82) is 0 Å². The van der Waals surface area contributed by atoms with E-state index in [-0.39, 0.29) is 35.8 Å². The van der Waals surface area contributed by atoms with E-state index in [9.17, 15) is 14.0 Å². The number of carbonyl (C=O) groups excluding carboxylic acids is 2. The second-order valence-electron chi connectivity index (χ2n) is 11.8.